The van der Waals surface area contributed by atoms with Crippen LogP contribution in [0.3, 0.4) is 0 Å². The van der Waals surface area contributed by atoms with E-state index in [1.807, 2.05) is 6.07 Å². The van der Waals surface area contributed by atoms with Crippen LogP contribution < -0.4 is 4.90 Å². The number of anilines is 1. The van der Waals surface area contributed by atoms with E-state index >= 15 is 0 Å². The zero-order valence-corrected chi connectivity index (χ0v) is 23.2. The van der Waals surface area contributed by atoms with Crippen LogP contribution in [0.5, 0.6) is 0 Å². The molecule has 1 unspecified atom stereocenters. The van der Waals surface area contributed by atoms with Gasteiger partial charge < -0.3 is 19.5 Å². The summed E-state index contributed by atoms with van der Waals surface area (Å²) < 4.78 is 2.46. The van der Waals surface area contributed by atoms with E-state index in [0.29, 0.717) is 11.5 Å². The molecule has 1 saturated carbocycles. The number of aromatic carboxylic acids is 1. The zero-order valence-electron chi connectivity index (χ0n) is 23.2. The maximum atomic E-state index is 11.9. The lowest BCUT2D eigenvalue weighted by atomic mass is 9.81. The second-order valence-corrected chi connectivity index (χ2v) is 12.2. The van der Waals surface area contributed by atoms with Gasteiger partial charge in [-0.2, -0.15) is 0 Å². The summed E-state index contributed by atoms with van der Waals surface area (Å²) in [5, 5.41) is 11.0. The molecular formula is C33H43N3O2. The smallest absolute Gasteiger partial charge is 0.335 e. The predicted octanol–water partition coefficient (Wildman–Crippen LogP) is 7.30. The molecule has 38 heavy (non-hydrogen) atoms. The van der Waals surface area contributed by atoms with Gasteiger partial charge in [-0.3, -0.25) is 0 Å². The Kier molecular flexibility index (Phi) is 7.22. The predicted molar refractivity (Wildman–Crippen MR) is 157 cm³/mol. The highest BCUT2D eigenvalue weighted by Gasteiger charge is 2.30. The Morgan fingerprint density at radius 3 is 2.58 bits per heavy atom. The van der Waals surface area contributed by atoms with Crippen LogP contribution in [-0.4, -0.2) is 53.3 Å². The van der Waals surface area contributed by atoms with E-state index in [0.717, 1.165) is 31.1 Å². The molecule has 202 valence electrons. The van der Waals surface area contributed by atoms with Crippen molar-refractivity contribution in [1.29, 1.82) is 0 Å². The molecule has 3 heterocycles. The van der Waals surface area contributed by atoms with Crippen molar-refractivity contribution in [3.05, 3.63) is 53.1 Å². The second kappa shape index (κ2) is 10.8. The van der Waals surface area contributed by atoms with Gasteiger partial charge in [-0.05, 0) is 93.3 Å². The van der Waals surface area contributed by atoms with Crippen LogP contribution in [-0.2, 0) is 6.54 Å². The van der Waals surface area contributed by atoms with Gasteiger partial charge >= 0.3 is 5.97 Å². The number of benzene rings is 2. The lowest BCUT2D eigenvalue weighted by Crippen LogP contribution is -2.37. The summed E-state index contributed by atoms with van der Waals surface area (Å²) in [6.07, 6.45) is 10.2. The summed E-state index contributed by atoms with van der Waals surface area (Å²) in [4.78, 5) is 17.2. The van der Waals surface area contributed by atoms with Gasteiger partial charge in [0.2, 0.25) is 0 Å². The number of hydrogen-bond donors (Lipinski definition) is 1. The fourth-order valence-electron chi connectivity index (χ4n) is 7.49. The summed E-state index contributed by atoms with van der Waals surface area (Å²) in [7, 11) is 0. The van der Waals surface area contributed by atoms with E-state index in [-0.39, 0.29) is 0 Å². The molecule has 0 bridgehead atoms. The third kappa shape index (κ3) is 4.86. The Morgan fingerprint density at radius 2 is 1.79 bits per heavy atom. The minimum absolute atomic E-state index is 0.383. The number of likely N-dealkylation sites (tertiary alicyclic amines) is 1. The number of aromatic nitrogens is 1. The van der Waals surface area contributed by atoms with E-state index in [4.69, 9.17) is 0 Å². The van der Waals surface area contributed by atoms with Crippen LogP contribution in [0.25, 0.3) is 22.2 Å². The molecule has 1 saturated heterocycles. The molecule has 2 fully saturated rings. The molecule has 5 nitrogen and oxygen atoms in total. The zero-order chi connectivity index (χ0) is 26.2. The van der Waals surface area contributed by atoms with Crippen LogP contribution in [0.1, 0.15) is 85.7 Å². The van der Waals surface area contributed by atoms with Crippen LogP contribution in [0.4, 0.5) is 5.69 Å². The lowest BCUT2D eigenvalue weighted by molar-refractivity contribution is 0.0697. The van der Waals surface area contributed by atoms with Crippen molar-refractivity contribution in [2.75, 3.05) is 37.6 Å². The van der Waals surface area contributed by atoms with Crippen LogP contribution in [0, 0.1) is 12.8 Å². The van der Waals surface area contributed by atoms with Gasteiger partial charge in [0, 0.05) is 48.3 Å². The maximum Gasteiger partial charge on any atom is 0.335 e. The van der Waals surface area contributed by atoms with E-state index in [1.165, 1.54) is 104 Å². The summed E-state index contributed by atoms with van der Waals surface area (Å²) in [5.74, 6) is 0.512. The van der Waals surface area contributed by atoms with Gasteiger partial charge in [-0.15, -0.1) is 0 Å². The molecule has 1 aliphatic carbocycles. The van der Waals surface area contributed by atoms with Gasteiger partial charge in [-0.1, -0.05) is 44.4 Å². The van der Waals surface area contributed by atoms with Crippen molar-refractivity contribution >= 4 is 22.6 Å². The number of carbonyl (C=O) groups is 1. The molecule has 0 spiro atoms. The fraction of sp³-hybridized carbons (Fsp3) is 0.545. The van der Waals surface area contributed by atoms with Gasteiger partial charge in [0.25, 0.3) is 0 Å². The first-order chi connectivity index (χ1) is 18.5. The average molecular weight is 514 g/mol. The summed E-state index contributed by atoms with van der Waals surface area (Å²) in [6.45, 7) is 11.1. The third-order valence-corrected chi connectivity index (χ3v) is 9.35. The SMILES string of the molecule is Cc1ccc2c(c1)N(CCCN1CCCC(C)C1)CCn1c-2c(C2CCCCC2)c2ccc(C(=O)O)cc21. The lowest BCUT2D eigenvalue weighted by Gasteiger charge is -2.32. The molecule has 0 radical (unpaired) electrons. The molecule has 0 amide bonds. The molecule has 3 aromatic rings. The summed E-state index contributed by atoms with van der Waals surface area (Å²) >= 11 is 0. The molecule has 1 aromatic heterocycles. The minimum atomic E-state index is -0.847. The summed E-state index contributed by atoms with van der Waals surface area (Å²) in [5.41, 5.74) is 8.27. The Labute approximate surface area is 227 Å². The average Bonchev–Trinajstić information content (AvgIpc) is 3.15. The van der Waals surface area contributed by atoms with Gasteiger partial charge in [0.05, 0.1) is 11.3 Å². The van der Waals surface area contributed by atoms with Gasteiger partial charge in [0.15, 0.2) is 0 Å². The second-order valence-electron chi connectivity index (χ2n) is 12.2. The Morgan fingerprint density at radius 1 is 0.947 bits per heavy atom. The first-order valence-corrected chi connectivity index (χ1v) is 15.0. The topological polar surface area (TPSA) is 48.7 Å². The van der Waals surface area contributed by atoms with Crippen LogP contribution in [0.15, 0.2) is 36.4 Å². The number of nitrogens with zero attached hydrogens (tertiary/aromatic N) is 3. The number of aryl methyl sites for hydroxylation is 1. The molecule has 1 atom stereocenters. The molecule has 1 N–H and O–H groups in total. The monoisotopic (exact) mass is 513 g/mol. The number of fused-ring (bicyclic) bond motifs is 5. The van der Waals surface area contributed by atoms with Gasteiger partial charge in [-0.25, -0.2) is 4.79 Å². The quantitative estimate of drug-likeness (QED) is 0.376. The van der Waals surface area contributed by atoms with Crippen molar-refractivity contribution in [2.45, 2.75) is 77.7 Å². The van der Waals surface area contributed by atoms with Gasteiger partial charge in [0.1, 0.15) is 0 Å². The van der Waals surface area contributed by atoms with Crippen molar-refractivity contribution in [1.82, 2.24) is 9.47 Å². The Bertz CT molecular complexity index is 1320. The van der Waals surface area contributed by atoms with E-state index in [2.05, 4.69) is 52.5 Å². The van der Waals surface area contributed by atoms with Crippen molar-refractivity contribution in [3.8, 4) is 11.3 Å². The highest BCUT2D eigenvalue weighted by Crippen LogP contribution is 2.47. The minimum Gasteiger partial charge on any atom is -0.478 e. The molecule has 2 aromatic carbocycles. The molecule has 3 aliphatic rings. The van der Waals surface area contributed by atoms with Crippen molar-refractivity contribution in [2.24, 2.45) is 5.92 Å². The number of carboxylic acids is 1. The van der Waals surface area contributed by atoms with Crippen LogP contribution >= 0.6 is 0 Å². The molecule has 2 aliphatic heterocycles. The van der Waals surface area contributed by atoms with Crippen molar-refractivity contribution in [3.63, 3.8) is 0 Å². The van der Waals surface area contributed by atoms with E-state index < -0.39 is 5.97 Å². The normalized spacial score (nSPS) is 20.8. The number of piperidine rings is 1. The third-order valence-electron chi connectivity index (χ3n) is 9.35. The van der Waals surface area contributed by atoms with E-state index in [9.17, 15) is 9.90 Å². The highest BCUT2D eigenvalue weighted by molar-refractivity contribution is 5.99. The standard InChI is InChI=1S/C33H43N3O2/c1-23-11-13-28-29(20-23)35(17-7-16-34-15-6-8-24(2)22-34)18-19-36-30-21-26(33(37)38)12-14-27(30)31(32(28)36)25-9-4-3-5-10-25/h11-14,20-21,24-25H,3-10,15-19,22H2,1-2H3,(H,37,38). The molecule has 6 rings (SSSR count). The fourth-order valence-corrected chi connectivity index (χ4v) is 7.49. The Balaban J connectivity index is 1.40. The number of rotatable bonds is 6. The van der Waals surface area contributed by atoms with Crippen molar-refractivity contribution < 1.29 is 9.90 Å². The van der Waals surface area contributed by atoms with E-state index in [1.54, 1.807) is 6.07 Å². The maximum absolute atomic E-state index is 11.9. The highest BCUT2D eigenvalue weighted by atomic mass is 16.4. The number of carboxylic acid groups (broad SMARTS) is 1. The first kappa shape index (κ1) is 25.5. The Hall–Kier alpha value is -2.79. The summed E-state index contributed by atoms with van der Waals surface area (Å²) in [6, 6.07) is 12.8. The molecular weight excluding hydrogens is 470 g/mol. The van der Waals surface area contributed by atoms with Crippen LogP contribution in [0.2, 0.25) is 0 Å². The molecule has 5 heteroatoms. The number of hydrogen-bond acceptors (Lipinski definition) is 3. The largest absolute Gasteiger partial charge is 0.478 e. The first-order valence-electron chi connectivity index (χ1n) is 15.0.